The third kappa shape index (κ3) is 4.43. The Balaban J connectivity index is 1.62. The first-order valence-electron chi connectivity index (χ1n) is 9.45. The van der Waals surface area contributed by atoms with Crippen molar-refractivity contribution in [3.63, 3.8) is 0 Å². The quantitative estimate of drug-likeness (QED) is 0.811. The molecular weight excluding hydrogens is 332 g/mol. The van der Waals surface area contributed by atoms with E-state index in [2.05, 4.69) is 4.90 Å². The summed E-state index contributed by atoms with van der Waals surface area (Å²) in [5, 5.41) is 18.1. The predicted octanol–water partition coefficient (Wildman–Crippen LogP) is 1.97. The summed E-state index contributed by atoms with van der Waals surface area (Å²) in [5.74, 6) is -0.686. The van der Waals surface area contributed by atoms with Crippen LogP contribution in [0.2, 0.25) is 0 Å². The smallest absolute Gasteiger partial charge is 0.335 e. The maximum atomic E-state index is 12.2. The molecule has 2 fully saturated rings. The van der Waals surface area contributed by atoms with Gasteiger partial charge in [-0.2, -0.15) is 0 Å². The van der Waals surface area contributed by atoms with Gasteiger partial charge in [-0.15, -0.1) is 0 Å². The second-order valence-electron chi connectivity index (χ2n) is 7.71. The molecule has 2 aliphatic heterocycles. The molecule has 0 saturated carbocycles. The van der Waals surface area contributed by atoms with Gasteiger partial charge in [-0.3, -0.25) is 9.69 Å². The Morgan fingerprint density at radius 2 is 1.92 bits per heavy atom. The van der Waals surface area contributed by atoms with E-state index in [1.54, 1.807) is 12.1 Å². The fourth-order valence-corrected chi connectivity index (χ4v) is 4.36. The van der Waals surface area contributed by atoms with E-state index in [9.17, 15) is 9.59 Å². The number of hydrogen-bond acceptors (Lipinski definition) is 4. The molecule has 1 aromatic carbocycles. The Morgan fingerprint density at radius 1 is 1.15 bits per heavy atom. The minimum absolute atomic E-state index is 0.120. The molecule has 2 N–H and O–H groups in total. The van der Waals surface area contributed by atoms with Crippen molar-refractivity contribution >= 4 is 11.9 Å². The van der Waals surface area contributed by atoms with Gasteiger partial charge in [0.1, 0.15) is 0 Å². The summed E-state index contributed by atoms with van der Waals surface area (Å²) in [7, 11) is 0. The zero-order chi connectivity index (χ0) is 18.6. The summed E-state index contributed by atoms with van der Waals surface area (Å²) in [6.07, 6.45) is 4.45. The second kappa shape index (κ2) is 8.18. The first-order valence-corrected chi connectivity index (χ1v) is 9.45. The van der Waals surface area contributed by atoms with E-state index >= 15 is 0 Å². The molecular formula is C20H28N2O4. The number of carboxylic acid groups (broad SMARTS) is 1. The van der Waals surface area contributed by atoms with Crippen molar-refractivity contribution in [2.75, 3.05) is 32.8 Å². The number of benzene rings is 1. The summed E-state index contributed by atoms with van der Waals surface area (Å²) in [6, 6.07) is 7.10. The van der Waals surface area contributed by atoms with Gasteiger partial charge in [0, 0.05) is 44.6 Å². The fourth-order valence-electron chi connectivity index (χ4n) is 4.36. The number of carbonyl (C=O) groups excluding carboxylic acids is 1. The van der Waals surface area contributed by atoms with Crippen LogP contribution in [0.4, 0.5) is 0 Å². The number of aromatic carboxylic acids is 1. The highest BCUT2D eigenvalue weighted by atomic mass is 16.4. The zero-order valence-corrected chi connectivity index (χ0v) is 15.2. The van der Waals surface area contributed by atoms with E-state index in [0.29, 0.717) is 24.9 Å². The van der Waals surface area contributed by atoms with Crippen LogP contribution in [0.3, 0.4) is 0 Å². The first-order chi connectivity index (χ1) is 12.5. The van der Waals surface area contributed by atoms with Crippen LogP contribution in [0.5, 0.6) is 0 Å². The van der Waals surface area contributed by atoms with Crippen LogP contribution in [0.15, 0.2) is 24.3 Å². The number of piperidine rings is 2. The normalized spacial score (nSPS) is 24.2. The van der Waals surface area contributed by atoms with Crippen molar-refractivity contribution in [1.29, 1.82) is 0 Å². The highest BCUT2D eigenvalue weighted by Crippen LogP contribution is 2.39. The Morgan fingerprint density at radius 3 is 2.62 bits per heavy atom. The molecule has 0 bridgehead atoms. The molecule has 2 heterocycles. The lowest BCUT2D eigenvalue weighted by atomic mass is 9.73. The topological polar surface area (TPSA) is 81.1 Å². The van der Waals surface area contributed by atoms with Gasteiger partial charge in [0.15, 0.2) is 0 Å². The number of rotatable bonds is 6. The molecule has 0 aliphatic carbocycles. The molecule has 26 heavy (non-hydrogen) atoms. The van der Waals surface area contributed by atoms with Crippen molar-refractivity contribution in [1.82, 2.24) is 9.80 Å². The number of nitrogens with zero attached hydrogens (tertiary/aromatic N) is 2. The minimum atomic E-state index is -0.900. The van der Waals surface area contributed by atoms with Crippen molar-refractivity contribution in [2.24, 2.45) is 5.41 Å². The van der Waals surface area contributed by atoms with Gasteiger partial charge in [-0.25, -0.2) is 4.79 Å². The molecule has 142 valence electrons. The van der Waals surface area contributed by atoms with Crippen LogP contribution in [0.1, 0.15) is 48.0 Å². The summed E-state index contributed by atoms with van der Waals surface area (Å²) >= 11 is 0. The van der Waals surface area contributed by atoms with E-state index in [4.69, 9.17) is 10.2 Å². The first kappa shape index (κ1) is 18.9. The van der Waals surface area contributed by atoms with Crippen LogP contribution in [-0.4, -0.2) is 64.7 Å². The van der Waals surface area contributed by atoms with Gasteiger partial charge in [-0.1, -0.05) is 12.1 Å². The summed E-state index contributed by atoms with van der Waals surface area (Å²) < 4.78 is 0. The largest absolute Gasteiger partial charge is 0.478 e. The van der Waals surface area contributed by atoms with Gasteiger partial charge in [0.05, 0.1) is 5.56 Å². The third-order valence-electron chi connectivity index (χ3n) is 5.68. The van der Waals surface area contributed by atoms with Gasteiger partial charge in [0.2, 0.25) is 5.91 Å². The molecule has 1 amide bonds. The molecule has 1 aromatic rings. The molecule has 1 spiro atoms. The van der Waals surface area contributed by atoms with E-state index in [1.807, 2.05) is 17.0 Å². The van der Waals surface area contributed by atoms with E-state index in [1.165, 1.54) is 0 Å². The summed E-state index contributed by atoms with van der Waals surface area (Å²) in [6.45, 7) is 4.37. The highest BCUT2D eigenvalue weighted by Gasteiger charge is 2.41. The average molecular weight is 360 g/mol. The lowest BCUT2D eigenvalue weighted by Crippen LogP contribution is -2.54. The average Bonchev–Trinajstić information content (AvgIpc) is 2.63. The third-order valence-corrected chi connectivity index (χ3v) is 5.68. The molecule has 6 heteroatoms. The maximum absolute atomic E-state index is 12.2. The number of aliphatic hydroxyl groups excluding tert-OH is 1. The minimum Gasteiger partial charge on any atom is -0.478 e. The van der Waals surface area contributed by atoms with Gasteiger partial charge < -0.3 is 15.1 Å². The molecule has 0 unspecified atom stereocenters. The highest BCUT2D eigenvalue weighted by molar-refractivity contribution is 5.87. The molecule has 0 aromatic heterocycles. The van der Waals surface area contributed by atoms with Crippen LogP contribution in [0.25, 0.3) is 0 Å². The lowest BCUT2D eigenvalue weighted by Gasteiger charge is -2.48. The Kier molecular flexibility index (Phi) is 5.94. The molecule has 2 aliphatic rings. The molecule has 3 rings (SSSR count). The van der Waals surface area contributed by atoms with Gasteiger partial charge in [0.25, 0.3) is 0 Å². The van der Waals surface area contributed by atoms with E-state index in [-0.39, 0.29) is 17.9 Å². The van der Waals surface area contributed by atoms with E-state index in [0.717, 1.165) is 51.0 Å². The maximum Gasteiger partial charge on any atom is 0.335 e. The predicted molar refractivity (Wildman–Crippen MR) is 97.9 cm³/mol. The lowest BCUT2D eigenvalue weighted by molar-refractivity contribution is -0.139. The standard InChI is InChI=1S/C20H28N2O4/c23-12-2-11-22-15-20(9-7-18(22)24)8-1-10-21(14-20)13-16-3-5-17(6-4-16)19(25)26/h3-6,23H,1-2,7-15H2,(H,25,26)/t20-/m0/s1. The molecule has 2 saturated heterocycles. The van der Waals surface area contributed by atoms with Crippen LogP contribution in [0, 0.1) is 5.41 Å². The zero-order valence-electron chi connectivity index (χ0n) is 15.2. The number of aliphatic hydroxyl groups is 1. The van der Waals surface area contributed by atoms with E-state index < -0.39 is 5.97 Å². The number of carbonyl (C=O) groups is 2. The summed E-state index contributed by atoms with van der Waals surface area (Å²) in [5.41, 5.74) is 1.59. The van der Waals surface area contributed by atoms with Crippen molar-refractivity contribution in [3.8, 4) is 0 Å². The Bertz CT molecular complexity index is 646. The molecule has 1 atom stereocenters. The number of amides is 1. The second-order valence-corrected chi connectivity index (χ2v) is 7.71. The summed E-state index contributed by atoms with van der Waals surface area (Å²) in [4.78, 5) is 27.5. The SMILES string of the molecule is O=C(O)c1ccc(CN2CCC[C@]3(CCC(=O)N(CCCO)C3)C2)cc1. The van der Waals surface area contributed by atoms with Crippen molar-refractivity contribution in [2.45, 2.75) is 38.6 Å². The monoisotopic (exact) mass is 360 g/mol. The van der Waals surface area contributed by atoms with Crippen molar-refractivity contribution < 1.29 is 19.8 Å². The van der Waals surface area contributed by atoms with Crippen molar-refractivity contribution in [3.05, 3.63) is 35.4 Å². The van der Waals surface area contributed by atoms with Gasteiger partial charge >= 0.3 is 5.97 Å². The molecule has 0 radical (unpaired) electrons. The van der Waals surface area contributed by atoms with Crippen LogP contribution >= 0.6 is 0 Å². The number of likely N-dealkylation sites (tertiary alicyclic amines) is 2. The Hall–Kier alpha value is -1.92. The molecule has 6 nitrogen and oxygen atoms in total. The van der Waals surface area contributed by atoms with Crippen LogP contribution < -0.4 is 0 Å². The van der Waals surface area contributed by atoms with Crippen LogP contribution in [-0.2, 0) is 11.3 Å². The van der Waals surface area contributed by atoms with Gasteiger partial charge in [-0.05, 0) is 49.9 Å². The Labute approximate surface area is 154 Å². The number of carboxylic acids is 1. The fraction of sp³-hybridized carbons (Fsp3) is 0.600. The number of hydrogen-bond donors (Lipinski definition) is 2.